The third-order valence-electron chi connectivity index (χ3n) is 5.36. The van der Waals surface area contributed by atoms with Crippen LogP contribution in [-0.2, 0) is 0 Å². The second-order valence-corrected chi connectivity index (χ2v) is 10.6. The first kappa shape index (κ1) is 42.6. The van der Waals surface area contributed by atoms with E-state index in [0.29, 0.717) is 37.3 Å². The molecule has 0 amide bonds. The number of aromatic hydroxyl groups is 1. The van der Waals surface area contributed by atoms with Crippen molar-refractivity contribution in [3.05, 3.63) is 92.3 Å². The van der Waals surface area contributed by atoms with E-state index >= 15 is 0 Å². The molecule has 3 aromatic carbocycles. The number of ether oxygens (including phenoxy) is 2. The molecule has 3 rings (SSSR count). The molecule has 0 aromatic heterocycles. The third-order valence-corrected chi connectivity index (χ3v) is 5.53. The van der Waals surface area contributed by atoms with E-state index < -0.39 is 38.7 Å². The highest BCUT2D eigenvalue weighted by Gasteiger charge is 2.14. The fraction of sp³-hybridized carbons (Fsp3) is 0.400. The second-order valence-electron chi connectivity index (χ2n) is 10.2. The van der Waals surface area contributed by atoms with Gasteiger partial charge in [0.15, 0.2) is 0 Å². The Morgan fingerprint density at radius 2 is 1.11 bits per heavy atom. The number of hydrogen-bond acceptors (Lipinski definition) is 11. The fourth-order valence-corrected chi connectivity index (χ4v) is 3.17. The number of nitrogens with two attached hydrogens (primary N) is 1. The molecule has 0 unspecified atom stereocenters. The summed E-state index contributed by atoms with van der Waals surface area (Å²) in [7, 11) is 11.7. The van der Waals surface area contributed by atoms with Crippen LogP contribution in [0.4, 0.5) is 30.2 Å². The number of benzene rings is 3. The lowest BCUT2D eigenvalue weighted by atomic mass is 10.3. The number of phenols is 1. The highest BCUT2D eigenvalue weighted by Crippen LogP contribution is 2.22. The van der Waals surface area contributed by atoms with E-state index in [1.165, 1.54) is 18.2 Å². The van der Waals surface area contributed by atoms with Crippen LogP contribution in [0.15, 0.2) is 54.6 Å². The van der Waals surface area contributed by atoms with Crippen molar-refractivity contribution in [3.8, 4) is 17.2 Å². The third kappa shape index (κ3) is 19.7. The molecule has 0 aliphatic heterocycles. The highest BCUT2D eigenvalue weighted by molar-refractivity contribution is 6.18. The van der Waals surface area contributed by atoms with Gasteiger partial charge in [0.25, 0.3) is 0 Å². The minimum Gasteiger partial charge on any atom is -0.508 e. The number of halogens is 4. The van der Waals surface area contributed by atoms with Crippen molar-refractivity contribution in [1.82, 2.24) is 14.7 Å². The molecule has 0 heterocycles. The van der Waals surface area contributed by atoms with Crippen LogP contribution < -0.4 is 15.2 Å². The molecule has 262 valence electrons. The van der Waals surface area contributed by atoms with Crippen LogP contribution in [-0.4, -0.2) is 111 Å². The van der Waals surface area contributed by atoms with E-state index in [1.54, 1.807) is 6.07 Å². The SMILES string of the molecule is CN(C)CCCl.CN(C)CCOc1ccc(N)c(F)c1.CN(C)CCOc1ccc([N+](=O)[O-])c(F)c1.O=[N+]([O-])c1ccc(O)cc1F. The number of nitro benzene ring substituents is 2. The Hall–Kier alpha value is -4.38. The van der Waals surface area contributed by atoms with Gasteiger partial charge in [0.05, 0.1) is 15.5 Å². The first-order chi connectivity index (χ1) is 22.0. The minimum atomic E-state index is -1.03. The van der Waals surface area contributed by atoms with E-state index in [4.69, 9.17) is 31.9 Å². The van der Waals surface area contributed by atoms with Crippen molar-refractivity contribution in [2.75, 3.05) is 86.7 Å². The molecule has 0 fully saturated rings. The largest absolute Gasteiger partial charge is 0.508 e. The number of nitro groups is 2. The number of anilines is 1. The van der Waals surface area contributed by atoms with E-state index in [1.807, 2.05) is 57.0 Å². The Labute approximate surface area is 277 Å². The summed E-state index contributed by atoms with van der Waals surface area (Å²) in [5, 5.41) is 29.0. The Balaban J connectivity index is 0.000000629. The van der Waals surface area contributed by atoms with Crippen molar-refractivity contribution in [2.24, 2.45) is 0 Å². The van der Waals surface area contributed by atoms with Crippen LogP contribution in [0.3, 0.4) is 0 Å². The summed E-state index contributed by atoms with van der Waals surface area (Å²) in [6, 6.07) is 10.6. The minimum absolute atomic E-state index is 0.143. The molecule has 0 radical (unpaired) electrons. The van der Waals surface area contributed by atoms with Crippen LogP contribution in [0.2, 0.25) is 0 Å². The Morgan fingerprint density at radius 1 is 0.702 bits per heavy atom. The van der Waals surface area contributed by atoms with Crippen molar-refractivity contribution in [2.45, 2.75) is 0 Å². The monoisotopic (exact) mass is 690 g/mol. The van der Waals surface area contributed by atoms with Crippen molar-refractivity contribution >= 4 is 28.7 Å². The summed E-state index contributed by atoms with van der Waals surface area (Å²) >= 11 is 5.35. The lowest BCUT2D eigenvalue weighted by Gasteiger charge is -2.11. The molecule has 3 N–H and O–H groups in total. The molecular formula is C30H42ClF3N6O7. The molecule has 0 atom stereocenters. The van der Waals surface area contributed by atoms with Gasteiger partial charge in [-0.15, -0.1) is 11.6 Å². The number of hydrogen-bond donors (Lipinski definition) is 2. The maximum Gasteiger partial charge on any atom is 0.305 e. The van der Waals surface area contributed by atoms with Crippen LogP contribution in [0.1, 0.15) is 0 Å². The van der Waals surface area contributed by atoms with Crippen LogP contribution >= 0.6 is 11.6 Å². The zero-order valence-electron chi connectivity index (χ0n) is 27.2. The molecule has 0 aliphatic rings. The second kappa shape index (κ2) is 23.0. The molecule has 17 heteroatoms. The van der Waals surface area contributed by atoms with Gasteiger partial charge in [0, 0.05) is 55.8 Å². The first-order valence-electron chi connectivity index (χ1n) is 13.9. The van der Waals surface area contributed by atoms with Gasteiger partial charge >= 0.3 is 11.4 Å². The number of nitrogens with zero attached hydrogens (tertiary/aromatic N) is 5. The predicted molar refractivity (Wildman–Crippen MR) is 176 cm³/mol. The van der Waals surface area contributed by atoms with Gasteiger partial charge in [0.2, 0.25) is 11.6 Å². The maximum atomic E-state index is 13.2. The lowest BCUT2D eigenvalue weighted by Crippen LogP contribution is -2.19. The van der Waals surface area contributed by atoms with Crippen molar-refractivity contribution in [3.63, 3.8) is 0 Å². The highest BCUT2D eigenvalue weighted by atomic mass is 35.5. The molecular weight excluding hydrogens is 649 g/mol. The number of alkyl halides is 1. The predicted octanol–water partition coefficient (Wildman–Crippen LogP) is 5.25. The van der Waals surface area contributed by atoms with Crippen LogP contribution in [0.25, 0.3) is 0 Å². The summed E-state index contributed by atoms with van der Waals surface area (Å²) in [6.45, 7) is 3.41. The molecule has 0 saturated carbocycles. The van der Waals surface area contributed by atoms with Gasteiger partial charge in [-0.1, -0.05) is 0 Å². The zero-order valence-corrected chi connectivity index (χ0v) is 27.9. The topological polar surface area (TPSA) is 161 Å². The van der Waals surface area contributed by atoms with Gasteiger partial charge in [-0.3, -0.25) is 20.2 Å². The van der Waals surface area contributed by atoms with E-state index in [9.17, 15) is 33.4 Å². The molecule has 3 aromatic rings. The summed E-state index contributed by atoms with van der Waals surface area (Å²) in [5.74, 6) is -1.14. The fourth-order valence-electron chi connectivity index (χ4n) is 2.83. The van der Waals surface area contributed by atoms with Crippen molar-refractivity contribution < 1.29 is 37.6 Å². The number of rotatable bonds is 12. The molecule has 13 nitrogen and oxygen atoms in total. The zero-order chi connectivity index (χ0) is 36.1. The average Bonchev–Trinajstić information content (AvgIpc) is 2.95. The van der Waals surface area contributed by atoms with E-state index in [0.717, 1.165) is 43.2 Å². The Kier molecular flexibility index (Phi) is 20.9. The van der Waals surface area contributed by atoms with Gasteiger partial charge in [0.1, 0.15) is 36.3 Å². The average molecular weight is 691 g/mol. The quantitative estimate of drug-likeness (QED) is 0.111. The summed E-state index contributed by atoms with van der Waals surface area (Å²) in [4.78, 5) is 24.7. The Bertz CT molecular complexity index is 1390. The maximum absolute atomic E-state index is 13.2. The number of phenolic OH excluding ortho intramolecular Hbond substituents is 1. The number of likely N-dealkylation sites (N-methyl/N-ethyl adjacent to an activating group) is 2. The summed E-state index contributed by atoms with van der Waals surface area (Å²) in [5.41, 5.74) is 4.29. The van der Waals surface area contributed by atoms with Crippen molar-refractivity contribution in [1.29, 1.82) is 0 Å². The molecule has 0 spiro atoms. The summed E-state index contributed by atoms with van der Waals surface area (Å²) < 4.78 is 49.1. The van der Waals surface area contributed by atoms with Gasteiger partial charge in [-0.2, -0.15) is 8.78 Å². The summed E-state index contributed by atoms with van der Waals surface area (Å²) in [6.07, 6.45) is 0. The van der Waals surface area contributed by atoms with Gasteiger partial charge in [-0.05, 0) is 66.6 Å². The van der Waals surface area contributed by atoms with E-state index in [2.05, 4.69) is 0 Å². The smallest absolute Gasteiger partial charge is 0.305 e. The number of nitrogen functional groups attached to an aromatic ring is 1. The molecule has 0 saturated heterocycles. The standard InChI is InChI=1S/C10H13FN2O3.C10H15FN2O.C6H4FNO3.C4H10ClN/c1-12(2)5-6-16-8-3-4-10(13(14)15)9(11)7-8;1-13(2)5-6-14-8-3-4-10(12)9(11)7-8;7-5-3-4(9)1-2-6(5)8(10)11;1-6(2)4-3-5/h3-4,7H,5-6H2,1-2H3;3-4,7H,5-6,12H2,1-2H3;1-3,9H;3-4H2,1-2H3. The molecule has 0 aliphatic carbocycles. The van der Waals surface area contributed by atoms with Gasteiger partial charge < -0.3 is 35.0 Å². The molecule has 47 heavy (non-hydrogen) atoms. The van der Waals surface area contributed by atoms with Crippen LogP contribution in [0, 0.1) is 37.7 Å². The Morgan fingerprint density at radius 3 is 1.45 bits per heavy atom. The normalized spacial score (nSPS) is 10.2. The molecule has 0 bridgehead atoms. The van der Waals surface area contributed by atoms with Gasteiger partial charge in [-0.25, -0.2) is 4.39 Å². The van der Waals surface area contributed by atoms with E-state index in [-0.39, 0.29) is 11.4 Å². The van der Waals surface area contributed by atoms with Crippen LogP contribution in [0.5, 0.6) is 17.2 Å². The lowest BCUT2D eigenvalue weighted by molar-refractivity contribution is -0.387. The first-order valence-corrected chi connectivity index (χ1v) is 14.4.